The van der Waals surface area contributed by atoms with Gasteiger partial charge in [-0.1, -0.05) is 6.92 Å². The summed E-state index contributed by atoms with van der Waals surface area (Å²) in [4.78, 5) is 22.7. The maximum atomic E-state index is 11.8. The Morgan fingerprint density at radius 3 is 2.37 bits per heavy atom. The molecule has 8 nitrogen and oxygen atoms in total. The van der Waals surface area contributed by atoms with Crippen LogP contribution >= 0.6 is 0 Å². The maximum absolute atomic E-state index is 11.8. The molecule has 0 radical (unpaired) electrons. The van der Waals surface area contributed by atoms with Crippen molar-refractivity contribution in [1.82, 2.24) is 9.97 Å². The third-order valence-corrected chi connectivity index (χ3v) is 5.03. The van der Waals surface area contributed by atoms with E-state index in [0.29, 0.717) is 22.8 Å². The van der Waals surface area contributed by atoms with Crippen molar-refractivity contribution >= 4 is 21.7 Å². The summed E-state index contributed by atoms with van der Waals surface area (Å²) in [5, 5.41) is 5.18. The molecule has 4 N–H and O–H groups in total. The Bertz CT molecular complexity index is 957. The fourth-order valence-electron chi connectivity index (χ4n) is 2.77. The van der Waals surface area contributed by atoms with E-state index in [1.807, 2.05) is 13.8 Å². The van der Waals surface area contributed by atoms with Crippen molar-refractivity contribution in [2.24, 2.45) is 10.9 Å². The van der Waals surface area contributed by atoms with Crippen molar-refractivity contribution in [3.8, 4) is 11.4 Å². The van der Waals surface area contributed by atoms with E-state index in [1.165, 1.54) is 12.1 Å². The molecule has 146 valence electrons. The molecular formula is C18H25N5O3S. The lowest BCUT2D eigenvalue weighted by atomic mass is 10.1. The van der Waals surface area contributed by atoms with Crippen LogP contribution in [0.3, 0.4) is 0 Å². The summed E-state index contributed by atoms with van der Waals surface area (Å²) in [5.74, 6) is 0.251. The molecular weight excluding hydrogens is 366 g/mol. The number of anilines is 1. The Kier molecular flexibility index (Phi) is 6.17. The Labute approximate surface area is 159 Å². The van der Waals surface area contributed by atoms with Crippen molar-refractivity contribution in [2.75, 3.05) is 11.4 Å². The van der Waals surface area contributed by atoms with Gasteiger partial charge >= 0.3 is 0 Å². The minimum absolute atomic E-state index is 0.00446. The lowest BCUT2D eigenvalue weighted by Gasteiger charge is -2.28. The minimum atomic E-state index is -3.81. The first kappa shape index (κ1) is 20.8. The molecule has 2 rings (SSSR count). The number of benzene rings is 1. The maximum Gasteiger partial charge on any atom is 0.267 e. The van der Waals surface area contributed by atoms with E-state index in [0.717, 1.165) is 13.0 Å². The predicted molar refractivity (Wildman–Crippen MR) is 105 cm³/mol. The Morgan fingerprint density at radius 1 is 1.22 bits per heavy atom. The van der Waals surface area contributed by atoms with Gasteiger partial charge in [-0.25, -0.2) is 23.5 Å². The van der Waals surface area contributed by atoms with Crippen molar-refractivity contribution in [1.29, 1.82) is 0 Å². The van der Waals surface area contributed by atoms with Crippen LogP contribution in [0.2, 0.25) is 0 Å². The van der Waals surface area contributed by atoms with Crippen molar-refractivity contribution in [3.05, 3.63) is 35.5 Å². The Morgan fingerprint density at radius 2 is 1.89 bits per heavy atom. The van der Waals surface area contributed by atoms with Gasteiger partial charge in [0.15, 0.2) is 5.82 Å². The van der Waals surface area contributed by atoms with E-state index >= 15 is 0 Å². The van der Waals surface area contributed by atoms with Gasteiger partial charge in [0.05, 0.1) is 4.90 Å². The molecule has 0 bridgehead atoms. The standard InChI is InChI=1S/C18H25N5O3S/c1-5-8-23(11(2)3)16-10-15(17(19)24)21-18(22-16)14-7-6-13(9-12(14)4)27(20,25)26/h6-7,9-11H,5,8H2,1-4H3,(H2,19,24)(H2,20,25,26). The predicted octanol–water partition coefficient (Wildman–Crippen LogP) is 1.82. The number of aromatic nitrogens is 2. The summed E-state index contributed by atoms with van der Waals surface area (Å²) < 4.78 is 23.1. The largest absolute Gasteiger partial charge is 0.364 e. The summed E-state index contributed by atoms with van der Waals surface area (Å²) in [5.41, 5.74) is 6.79. The van der Waals surface area contributed by atoms with Gasteiger partial charge in [-0.15, -0.1) is 0 Å². The van der Waals surface area contributed by atoms with Crippen LogP contribution in [0.25, 0.3) is 11.4 Å². The van der Waals surface area contributed by atoms with Gasteiger partial charge in [-0.2, -0.15) is 0 Å². The number of nitrogens with zero attached hydrogens (tertiary/aromatic N) is 3. The van der Waals surface area contributed by atoms with Crippen LogP contribution in [0, 0.1) is 6.92 Å². The number of primary amides is 1. The van der Waals surface area contributed by atoms with Crippen LogP contribution in [-0.4, -0.2) is 36.9 Å². The first-order valence-electron chi connectivity index (χ1n) is 8.64. The fraction of sp³-hybridized carbons (Fsp3) is 0.389. The van der Waals surface area contributed by atoms with Gasteiger partial charge in [0, 0.05) is 24.2 Å². The molecule has 1 aromatic carbocycles. The summed E-state index contributed by atoms with van der Waals surface area (Å²) in [6.07, 6.45) is 0.908. The molecule has 0 atom stereocenters. The number of amides is 1. The van der Waals surface area contributed by atoms with Crippen molar-refractivity contribution < 1.29 is 13.2 Å². The number of aryl methyl sites for hydroxylation is 1. The first-order valence-corrected chi connectivity index (χ1v) is 10.2. The molecule has 0 aliphatic rings. The van der Waals surface area contributed by atoms with Gasteiger partial charge in [0.25, 0.3) is 5.91 Å². The molecule has 0 unspecified atom stereocenters. The molecule has 1 amide bonds. The third kappa shape index (κ3) is 4.81. The number of carbonyl (C=O) groups excluding carboxylic acids is 1. The van der Waals surface area contributed by atoms with Gasteiger partial charge in [0.1, 0.15) is 11.5 Å². The number of rotatable bonds is 7. The van der Waals surface area contributed by atoms with Gasteiger partial charge in [-0.05, 0) is 51.0 Å². The van der Waals surface area contributed by atoms with E-state index in [-0.39, 0.29) is 16.6 Å². The molecule has 0 fully saturated rings. The fourth-order valence-corrected chi connectivity index (χ4v) is 3.37. The molecule has 1 aromatic heterocycles. The lowest BCUT2D eigenvalue weighted by Crippen LogP contribution is -2.33. The highest BCUT2D eigenvalue weighted by Gasteiger charge is 2.18. The number of hydrogen-bond acceptors (Lipinski definition) is 6. The molecule has 0 spiro atoms. The number of carbonyl (C=O) groups is 1. The number of hydrogen-bond donors (Lipinski definition) is 2. The van der Waals surface area contributed by atoms with E-state index in [2.05, 4.69) is 21.8 Å². The average Bonchev–Trinajstić information content (AvgIpc) is 2.58. The molecule has 0 aliphatic carbocycles. The highest BCUT2D eigenvalue weighted by Crippen LogP contribution is 2.26. The van der Waals surface area contributed by atoms with Crippen LogP contribution in [0.5, 0.6) is 0 Å². The molecule has 1 heterocycles. The molecule has 0 saturated carbocycles. The smallest absolute Gasteiger partial charge is 0.267 e. The molecule has 0 saturated heterocycles. The van der Waals surface area contributed by atoms with Crippen molar-refractivity contribution in [2.45, 2.75) is 45.1 Å². The van der Waals surface area contributed by atoms with Gasteiger partial charge < -0.3 is 10.6 Å². The van der Waals surface area contributed by atoms with Crippen LogP contribution in [0.15, 0.2) is 29.2 Å². The number of nitrogens with two attached hydrogens (primary N) is 2. The zero-order valence-corrected chi connectivity index (χ0v) is 16.7. The topological polar surface area (TPSA) is 132 Å². The van der Waals surface area contributed by atoms with E-state index in [4.69, 9.17) is 10.9 Å². The van der Waals surface area contributed by atoms with Crippen LogP contribution in [-0.2, 0) is 10.0 Å². The quantitative estimate of drug-likeness (QED) is 0.740. The van der Waals surface area contributed by atoms with E-state index in [9.17, 15) is 13.2 Å². The summed E-state index contributed by atoms with van der Waals surface area (Å²) >= 11 is 0. The zero-order chi connectivity index (χ0) is 20.4. The molecule has 0 aliphatic heterocycles. The zero-order valence-electron chi connectivity index (χ0n) is 15.9. The van der Waals surface area contributed by atoms with E-state index in [1.54, 1.807) is 19.1 Å². The second kappa shape index (κ2) is 8.01. The normalized spacial score (nSPS) is 11.6. The van der Waals surface area contributed by atoms with Crippen LogP contribution < -0.4 is 15.8 Å². The average molecular weight is 391 g/mol. The third-order valence-electron chi connectivity index (χ3n) is 4.11. The van der Waals surface area contributed by atoms with Crippen LogP contribution in [0.1, 0.15) is 43.2 Å². The minimum Gasteiger partial charge on any atom is -0.364 e. The number of primary sulfonamides is 1. The highest BCUT2D eigenvalue weighted by atomic mass is 32.2. The Hall–Kier alpha value is -2.52. The molecule has 2 aromatic rings. The van der Waals surface area contributed by atoms with Gasteiger partial charge in [-0.3, -0.25) is 4.79 Å². The summed E-state index contributed by atoms with van der Waals surface area (Å²) in [6, 6.07) is 6.17. The second-order valence-electron chi connectivity index (χ2n) is 6.61. The van der Waals surface area contributed by atoms with Crippen LogP contribution in [0.4, 0.5) is 5.82 Å². The Balaban J connectivity index is 2.65. The van der Waals surface area contributed by atoms with Gasteiger partial charge in [0.2, 0.25) is 10.0 Å². The SMILES string of the molecule is CCCN(c1cc(C(N)=O)nc(-c2ccc(S(N)(=O)=O)cc2C)n1)C(C)C. The molecule has 9 heteroatoms. The number of sulfonamides is 1. The summed E-state index contributed by atoms with van der Waals surface area (Å²) in [6.45, 7) is 8.62. The lowest BCUT2D eigenvalue weighted by molar-refractivity contribution is 0.0995. The van der Waals surface area contributed by atoms with Crippen molar-refractivity contribution in [3.63, 3.8) is 0 Å². The monoisotopic (exact) mass is 391 g/mol. The first-order chi connectivity index (χ1) is 12.5. The van der Waals surface area contributed by atoms with E-state index < -0.39 is 15.9 Å². The molecule has 27 heavy (non-hydrogen) atoms. The summed E-state index contributed by atoms with van der Waals surface area (Å²) in [7, 11) is -3.81. The highest BCUT2D eigenvalue weighted by molar-refractivity contribution is 7.89. The second-order valence-corrected chi connectivity index (χ2v) is 8.17.